The number of nitrogens with one attached hydrogen (secondary N) is 2. The first-order valence-electron chi connectivity index (χ1n) is 6.10. The molecular weight excluding hydrogens is 323 g/mol. The van der Waals surface area contributed by atoms with Crippen LogP contribution in [0.5, 0.6) is 0 Å². The number of halogens is 2. The van der Waals surface area contributed by atoms with Gasteiger partial charge in [-0.3, -0.25) is 4.79 Å². The summed E-state index contributed by atoms with van der Waals surface area (Å²) in [7, 11) is 0. The molecule has 2 aromatic rings. The van der Waals surface area contributed by atoms with Crippen LogP contribution in [0.1, 0.15) is 5.56 Å². The number of benzene rings is 2. The minimum absolute atomic E-state index is 0.110. The first-order chi connectivity index (χ1) is 9.56. The van der Waals surface area contributed by atoms with Crippen LogP contribution in [0.2, 0.25) is 0 Å². The van der Waals surface area contributed by atoms with Crippen molar-refractivity contribution in [1.29, 1.82) is 0 Å². The zero-order valence-electron chi connectivity index (χ0n) is 10.9. The lowest BCUT2D eigenvalue weighted by molar-refractivity contribution is -0.114. The van der Waals surface area contributed by atoms with Gasteiger partial charge in [-0.2, -0.15) is 0 Å². The topological polar surface area (TPSA) is 41.1 Å². The van der Waals surface area contributed by atoms with E-state index in [0.29, 0.717) is 5.69 Å². The smallest absolute Gasteiger partial charge is 0.243 e. The maximum atomic E-state index is 13.0. The Morgan fingerprint density at radius 1 is 1.25 bits per heavy atom. The van der Waals surface area contributed by atoms with Gasteiger partial charge in [0.1, 0.15) is 5.82 Å². The first kappa shape index (κ1) is 14.5. The molecule has 0 spiro atoms. The van der Waals surface area contributed by atoms with Crippen LogP contribution in [0.15, 0.2) is 46.9 Å². The van der Waals surface area contributed by atoms with Crippen molar-refractivity contribution in [1.82, 2.24) is 0 Å². The molecule has 0 radical (unpaired) electrons. The Bertz CT molecular complexity index is 631. The van der Waals surface area contributed by atoms with Crippen molar-refractivity contribution in [2.45, 2.75) is 6.92 Å². The van der Waals surface area contributed by atoms with Crippen molar-refractivity contribution >= 4 is 33.2 Å². The second-order valence-electron chi connectivity index (χ2n) is 4.35. The number of amides is 1. The highest BCUT2D eigenvalue weighted by molar-refractivity contribution is 9.10. The van der Waals surface area contributed by atoms with E-state index in [9.17, 15) is 9.18 Å². The molecule has 5 heteroatoms. The summed E-state index contributed by atoms with van der Waals surface area (Å²) in [6.45, 7) is 2.08. The fourth-order valence-electron chi connectivity index (χ4n) is 1.73. The van der Waals surface area contributed by atoms with E-state index in [1.807, 2.05) is 25.1 Å². The highest BCUT2D eigenvalue weighted by Crippen LogP contribution is 2.25. The highest BCUT2D eigenvalue weighted by Gasteiger charge is 2.06. The fraction of sp³-hybridized carbons (Fsp3) is 0.133. The van der Waals surface area contributed by atoms with Gasteiger partial charge in [0.15, 0.2) is 0 Å². The first-order valence-corrected chi connectivity index (χ1v) is 6.90. The van der Waals surface area contributed by atoms with Crippen LogP contribution in [-0.4, -0.2) is 12.5 Å². The van der Waals surface area contributed by atoms with Gasteiger partial charge in [-0.15, -0.1) is 0 Å². The average Bonchev–Trinajstić information content (AvgIpc) is 2.40. The molecule has 2 N–H and O–H groups in total. The molecule has 2 aromatic carbocycles. The van der Waals surface area contributed by atoms with Gasteiger partial charge in [-0.25, -0.2) is 4.39 Å². The van der Waals surface area contributed by atoms with Crippen molar-refractivity contribution in [3.63, 3.8) is 0 Å². The van der Waals surface area contributed by atoms with Crippen molar-refractivity contribution in [3.05, 3.63) is 58.3 Å². The van der Waals surface area contributed by atoms with Crippen LogP contribution >= 0.6 is 15.9 Å². The largest absolute Gasteiger partial charge is 0.375 e. The Hall–Kier alpha value is -1.88. The van der Waals surface area contributed by atoms with E-state index in [1.54, 1.807) is 12.1 Å². The minimum Gasteiger partial charge on any atom is -0.375 e. The molecule has 20 heavy (non-hydrogen) atoms. The molecule has 0 aliphatic rings. The van der Waals surface area contributed by atoms with Crippen molar-refractivity contribution in [3.8, 4) is 0 Å². The molecule has 0 unspecified atom stereocenters. The summed E-state index contributed by atoms with van der Waals surface area (Å²) in [5.74, 6) is -0.610. The van der Waals surface area contributed by atoms with Gasteiger partial charge in [0.2, 0.25) is 5.91 Å². The van der Waals surface area contributed by atoms with Crippen LogP contribution in [0.3, 0.4) is 0 Å². The number of hydrogen-bond acceptors (Lipinski definition) is 2. The molecular formula is C15H14BrFN2O. The summed E-state index contributed by atoms with van der Waals surface area (Å²) < 4.78 is 13.9. The predicted octanol–water partition coefficient (Wildman–Crippen LogP) is 3.95. The molecule has 0 fully saturated rings. The maximum absolute atomic E-state index is 13.0. The molecule has 0 bridgehead atoms. The average molecular weight is 337 g/mol. The lowest BCUT2D eigenvalue weighted by Gasteiger charge is -2.10. The van der Waals surface area contributed by atoms with E-state index in [1.165, 1.54) is 12.1 Å². The van der Waals surface area contributed by atoms with Crippen molar-refractivity contribution in [2.24, 2.45) is 0 Å². The molecule has 3 nitrogen and oxygen atoms in total. The third-order valence-corrected chi connectivity index (χ3v) is 3.79. The second kappa shape index (κ2) is 6.52. The van der Waals surface area contributed by atoms with E-state index in [-0.39, 0.29) is 18.3 Å². The van der Waals surface area contributed by atoms with E-state index in [4.69, 9.17) is 0 Å². The monoisotopic (exact) mass is 336 g/mol. The molecule has 0 heterocycles. The summed E-state index contributed by atoms with van der Waals surface area (Å²) in [6.07, 6.45) is 0. The van der Waals surface area contributed by atoms with E-state index in [2.05, 4.69) is 26.6 Å². The molecule has 0 saturated carbocycles. The quantitative estimate of drug-likeness (QED) is 0.887. The Morgan fingerprint density at radius 3 is 2.75 bits per heavy atom. The molecule has 0 aliphatic carbocycles. The van der Waals surface area contributed by atoms with Gasteiger partial charge in [-0.05, 0) is 52.7 Å². The summed E-state index contributed by atoms with van der Waals surface area (Å²) in [5.41, 5.74) is 2.38. The normalized spacial score (nSPS) is 10.2. The van der Waals surface area contributed by atoms with Crippen LogP contribution in [0, 0.1) is 12.7 Å². The zero-order chi connectivity index (χ0) is 14.5. The van der Waals surface area contributed by atoms with Crippen LogP contribution in [-0.2, 0) is 4.79 Å². The number of carbonyl (C=O) groups is 1. The predicted molar refractivity (Wildman–Crippen MR) is 82.4 cm³/mol. The molecule has 1 amide bonds. The van der Waals surface area contributed by atoms with Crippen molar-refractivity contribution < 1.29 is 9.18 Å². The van der Waals surface area contributed by atoms with Gasteiger partial charge in [0.25, 0.3) is 0 Å². The molecule has 0 saturated heterocycles. The van der Waals surface area contributed by atoms with Gasteiger partial charge in [0, 0.05) is 15.8 Å². The summed E-state index contributed by atoms with van der Waals surface area (Å²) in [4.78, 5) is 11.8. The molecule has 2 rings (SSSR count). The number of carbonyl (C=O) groups excluding carboxylic acids is 1. The Balaban J connectivity index is 1.94. The van der Waals surface area contributed by atoms with Crippen LogP contribution in [0.25, 0.3) is 0 Å². The van der Waals surface area contributed by atoms with Gasteiger partial charge in [-0.1, -0.05) is 18.2 Å². The number of rotatable bonds is 4. The molecule has 104 valence electrons. The third-order valence-electron chi connectivity index (χ3n) is 2.74. The van der Waals surface area contributed by atoms with Crippen LogP contribution < -0.4 is 10.6 Å². The SMILES string of the molecule is Cc1cccc(NCC(=O)Nc2cccc(F)c2)c1Br. The molecule has 0 aliphatic heterocycles. The Kier molecular flexibility index (Phi) is 4.74. The molecule has 0 atom stereocenters. The Labute approximate surface area is 125 Å². The lowest BCUT2D eigenvalue weighted by Crippen LogP contribution is -2.22. The number of anilines is 2. The van der Waals surface area contributed by atoms with E-state index < -0.39 is 0 Å². The Morgan fingerprint density at radius 2 is 2.00 bits per heavy atom. The fourth-order valence-corrected chi connectivity index (χ4v) is 2.14. The summed E-state index contributed by atoms with van der Waals surface area (Å²) in [6, 6.07) is 11.6. The maximum Gasteiger partial charge on any atom is 0.243 e. The number of aryl methyl sites for hydroxylation is 1. The molecule has 0 aromatic heterocycles. The zero-order valence-corrected chi connectivity index (χ0v) is 12.5. The third kappa shape index (κ3) is 3.81. The lowest BCUT2D eigenvalue weighted by atomic mass is 10.2. The van der Waals surface area contributed by atoms with Gasteiger partial charge < -0.3 is 10.6 Å². The second-order valence-corrected chi connectivity index (χ2v) is 5.14. The standard InChI is InChI=1S/C15H14BrFN2O/c1-10-4-2-7-13(15(10)16)18-9-14(20)19-12-6-3-5-11(17)8-12/h2-8,18H,9H2,1H3,(H,19,20). The number of hydrogen-bond donors (Lipinski definition) is 2. The van der Waals surface area contributed by atoms with E-state index in [0.717, 1.165) is 15.7 Å². The van der Waals surface area contributed by atoms with Gasteiger partial charge in [0.05, 0.1) is 6.54 Å². The van der Waals surface area contributed by atoms with E-state index >= 15 is 0 Å². The minimum atomic E-state index is -0.378. The highest BCUT2D eigenvalue weighted by atomic mass is 79.9. The van der Waals surface area contributed by atoms with Gasteiger partial charge >= 0.3 is 0 Å². The van der Waals surface area contributed by atoms with Crippen molar-refractivity contribution in [2.75, 3.05) is 17.2 Å². The summed E-state index contributed by atoms with van der Waals surface area (Å²) >= 11 is 3.46. The van der Waals surface area contributed by atoms with Crippen LogP contribution in [0.4, 0.5) is 15.8 Å². The summed E-state index contributed by atoms with van der Waals surface area (Å²) in [5, 5.41) is 5.67.